The molecule has 2 aromatic rings. The zero-order chi connectivity index (χ0) is 12.4. The molecule has 0 unspecified atom stereocenters. The molecule has 1 aromatic carbocycles. The summed E-state index contributed by atoms with van der Waals surface area (Å²) in [6, 6.07) is 9.10. The minimum atomic E-state index is 0.624. The zero-order valence-electron chi connectivity index (χ0n) is 10.8. The van der Waals surface area contributed by atoms with Gasteiger partial charge in [0.05, 0.1) is 11.9 Å². The van der Waals surface area contributed by atoms with Gasteiger partial charge in [-0.1, -0.05) is 24.3 Å². The number of benzene rings is 1. The molecule has 3 heteroatoms. The van der Waals surface area contributed by atoms with Gasteiger partial charge in [0.1, 0.15) is 0 Å². The summed E-state index contributed by atoms with van der Waals surface area (Å²) in [6.07, 6.45) is 6.35. The Morgan fingerprint density at radius 2 is 1.94 bits per heavy atom. The maximum Gasteiger partial charge on any atom is 0.0632 e. The summed E-state index contributed by atoms with van der Waals surface area (Å²) in [4.78, 5) is 6.77. The van der Waals surface area contributed by atoms with Gasteiger partial charge in [0.25, 0.3) is 0 Å². The first-order chi connectivity index (χ1) is 8.86. The Balaban J connectivity index is 1.97. The Kier molecular flexibility index (Phi) is 3.15. The van der Waals surface area contributed by atoms with E-state index in [0.29, 0.717) is 6.04 Å². The van der Waals surface area contributed by atoms with Crippen molar-refractivity contribution >= 4 is 16.5 Å². The standard InChI is InChI=1S/C15H19N3/c1-18(13-6-8-16-9-7-13)15-11-17-10-12-4-2-3-5-14(12)15/h2-5,10-11,13,16H,6-9H2,1H3. The van der Waals surface area contributed by atoms with Crippen LogP contribution in [-0.4, -0.2) is 31.2 Å². The monoisotopic (exact) mass is 241 g/mol. The van der Waals surface area contributed by atoms with Crippen LogP contribution in [0.4, 0.5) is 5.69 Å². The van der Waals surface area contributed by atoms with Crippen LogP contribution >= 0.6 is 0 Å². The molecule has 0 spiro atoms. The van der Waals surface area contributed by atoms with Crippen LogP contribution in [0.3, 0.4) is 0 Å². The van der Waals surface area contributed by atoms with E-state index in [1.165, 1.54) is 29.3 Å². The van der Waals surface area contributed by atoms with E-state index in [2.05, 4.69) is 46.5 Å². The largest absolute Gasteiger partial charge is 0.370 e. The Bertz CT molecular complexity index is 527. The molecule has 0 radical (unpaired) electrons. The molecule has 2 heterocycles. The van der Waals surface area contributed by atoms with Gasteiger partial charge in [0.15, 0.2) is 0 Å². The van der Waals surface area contributed by atoms with E-state index in [0.717, 1.165) is 13.1 Å². The number of nitrogens with one attached hydrogen (secondary N) is 1. The van der Waals surface area contributed by atoms with E-state index in [1.807, 2.05) is 12.4 Å². The third kappa shape index (κ3) is 2.06. The molecular weight excluding hydrogens is 222 g/mol. The average Bonchev–Trinajstić information content (AvgIpc) is 2.47. The van der Waals surface area contributed by atoms with E-state index in [-0.39, 0.29) is 0 Å². The number of anilines is 1. The molecule has 94 valence electrons. The number of aromatic nitrogens is 1. The number of pyridine rings is 1. The molecule has 0 aliphatic carbocycles. The lowest BCUT2D eigenvalue weighted by Gasteiger charge is -2.33. The lowest BCUT2D eigenvalue weighted by Crippen LogP contribution is -2.41. The van der Waals surface area contributed by atoms with Gasteiger partial charge < -0.3 is 10.2 Å². The molecule has 1 aliphatic rings. The first-order valence-corrected chi connectivity index (χ1v) is 6.62. The van der Waals surface area contributed by atoms with Crippen molar-refractivity contribution in [1.82, 2.24) is 10.3 Å². The molecule has 0 saturated carbocycles. The molecular formula is C15H19N3. The summed E-state index contributed by atoms with van der Waals surface area (Å²) in [5, 5.41) is 5.93. The predicted molar refractivity (Wildman–Crippen MR) is 76.0 cm³/mol. The first kappa shape index (κ1) is 11.5. The van der Waals surface area contributed by atoms with Crippen molar-refractivity contribution < 1.29 is 0 Å². The Morgan fingerprint density at radius 3 is 2.78 bits per heavy atom. The number of hydrogen-bond acceptors (Lipinski definition) is 3. The van der Waals surface area contributed by atoms with Crippen LogP contribution in [0.2, 0.25) is 0 Å². The number of nitrogens with zero attached hydrogens (tertiary/aromatic N) is 2. The molecule has 3 rings (SSSR count). The second kappa shape index (κ2) is 4.94. The van der Waals surface area contributed by atoms with Gasteiger partial charge in [0.2, 0.25) is 0 Å². The van der Waals surface area contributed by atoms with Crippen LogP contribution in [0.5, 0.6) is 0 Å². The van der Waals surface area contributed by atoms with Crippen LogP contribution in [0, 0.1) is 0 Å². The van der Waals surface area contributed by atoms with Crippen molar-refractivity contribution in [1.29, 1.82) is 0 Å². The van der Waals surface area contributed by atoms with Crippen LogP contribution in [0.1, 0.15) is 12.8 Å². The fourth-order valence-corrected chi connectivity index (χ4v) is 2.77. The van der Waals surface area contributed by atoms with Crippen LogP contribution in [0.25, 0.3) is 10.8 Å². The average molecular weight is 241 g/mol. The van der Waals surface area contributed by atoms with Gasteiger partial charge >= 0.3 is 0 Å². The second-order valence-electron chi connectivity index (χ2n) is 4.97. The molecule has 3 nitrogen and oxygen atoms in total. The fraction of sp³-hybridized carbons (Fsp3) is 0.400. The summed E-state index contributed by atoms with van der Waals surface area (Å²) in [5.41, 5.74) is 1.25. The molecule has 1 saturated heterocycles. The third-order valence-electron chi connectivity index (χ3n) is 3.88. The minimum Gasteiger partial charge on any atom is -0.370 e. The van der Waals surface area contributed by atoms with Gasteiger partial charge in [0, 0.05) is 30.1 Å². The van der Waals surface area contributed by atoms with Crippen molar-refractivity contribution in [3.05, 3.63) is 36.7 Å². The Labute approximate surface area is 108 Å². The van der Waals surface area contributed by atoms with Crippen molar-refractivity contribution in [2.75, 3.05) is 25.0 Å². The van der Waals surface area contributed by atoms with Crippen LogP contribution in [-0.2, 0) is 0 Å². The van der Waals surface area contributed by atoms with Gasteiger partial charge in [-0.3, -0.25) is 4.98 Å². The fourth-order valence-electron chi connectivity index (χ4n) is 2.77. The highest BCUT2D eigenvalue weighted by Gasteiger charge is 2.19. The van der Waals surface area contributed by atoms with Gasteiger partial charge in [-0.05, 0) is 25.9 Å². The maximum absolute atomic E-state index is 4.37. The first-order valence-electron chi connectivity index (χ1n) is 6.62. The van der Waals surface area contributed by atoms with Crippen molar-refractivity contribution in [3.63, 3.8) is 0 Å². The van der Waals surface area contributed by atoms with Gasteiger partial charge in [-0.15, -0.1) is 0 Å². The topological polar surface area (TPSA) is 28.2 Å². The van der Waals surface area contributed by atoms with E-state index >= 15 is 0 Å². The summed E-state index contributed by atoms with van der Waals surface area (Å²) in [6.45, 7) is 2.24. The molecule has 1 aromatic heterocycles. The zero-order valence-corrected chi connectivity index (χ0v) is 10.8. The molecule has 1 N–H and O–H groups in total. The van der Waals surface area contributed by atoms with Gasteiger partial charge in [-0.25, -0.2) is 0 Å². The number of piperidine rings is 1. The lowest BCUT2D eigenvalue weighted by atomic mass is 10.0. The molecule has 0 atom stereocenters. The summed E-state index contributed by atoms with van der Waals surface area (Å²) in [5.74, 6) is 0. The molecule has 1 fully saturated rings. The number of hydrogen-bond donors (Lipinski definition) is 1. The normalized spacial score (nSPS) is 16.9. The predicted octanol–water partition coefficient (Wildman–Crippen LogP) is 2.42. The van der Waals surface area contributed by atoms with Gasteiger partial charge in [-0.2, -0.15) is 0 Å². The Morgan fingerprint density at radius 1 is 1.17 bits per heavy atom. The summed E-state index contributed by atoms with van der Waals surface area (Å²) < 4.78 is 0. The summed E-state index contributed by atoms with van der Waals surface area (Å²) in [7, 11) is 2.19. The highest BCUT2D eigenvalue weighted by molar-refractivity contribution is 5.93. The smallest absolute Gasteiger partial charge is 0.0632 e. The number of fused-ring (bicyclic) bond motifs is 1. The SMILES string of the molecule is CN(c1cncc2ccccc12)C1CCNCC1. The number of rotatable bonds is 2. The highest BCUT2D eigenvalue weighted by atomic mass is 15.2. The van der Waals surface area contributed by atoms with E-state index in [4.69, 9.17) is 0 Å². The highest BCUT2D eigenvalue weighted by Crippen LogP contribution is 2.27. The van der Waals surface area contributed by atoms with Crippen molar-refractivity contribution in [3.8, 4) is 0 Å². The van der Waals surface area contributed by atoms with E-state index < -0.39 is 0 Å². The quantitative estimate of drug-likeness (QED) is 0.875. The molecule has 1 aliphatic heterocycles. The molecule has 0 amide bonds. The summed E-state index contributed by atoms with van der Waals surface area (Å²) >= 11 is 0. The third-order valence-corrected chi connectivity index (χ3v) is 3.88. The Hall–Kier alpha value is -1.61. The molecule has 0 bridgehead atoms. The van der Waals surface area contributed by atoms with E-state index in [1.54, 1.807) is 0 Å². The minimum absolute atomic E-state index is 0.624. The van der Waals surface area contributed by atoms with Crippen LogP contribution < -0.4 is 10.2 Å². The lowest BCUT2D eigenvalue weighted by molar-refractivity contribution is 0.444. The van der Waals surface area contributed by atoms with Crippen LogP contribution in [0.15, 0.2) is 36.7 Å². The maximum atomic E-state index is 4.37. The second-order valence-corrected chi connectivity index (χ2v) is 4.97. The van der Waals surface area contributed by atoms with E-state index in [9.17, 15) is 0 Å². The van der Waals surface area contributed by atoms with Crippen molar-refractivity contribution in [2.45, 2.75) is 18.9 Å². The molecule has 18 heavy (non-hydrogen) atoms. The van der Waals surface area contributed by atoms with Crippen molar-refractivity contribution in [2.24, 2.45) is 0 Å².